The summed E-state index contributed by atoms with van der Waals surface area (Å²) in [6.45, 7) is 0. The molecule has 0 aliphatic heterocycles. The van der Waals surface area contributed by atoms with Gasteiger partial charge in [-0.15, -0.1) is 16.4 Å². The van der Waals surface area contributed by atoms with E-state index in [1.165, 1.54) is 15.9 Å². The Morgan fingerprint density at radius 2 is 1.86 bits per heavy atom. The molecule has 36 heavy (non-hydrogen) atoms. The highest BCUT2D eigenvalue weighted by Gasteiger charge is 2.14. The van der Waals surface area contributed by atoms with Gasteiger partial charge in [0.1, 0.15) is 11.4 Å². The van der Waals surface area contributed by atoms with Crippen LogP contribution in [0.15, 0.2) is 83.1 Å². The lowest BCUT2D eigenvalue weighted by Gasteiger charge is -2.03. The summed E-state index contributed by atoms with van der Waals surface area (Å²) in [5.74, 6) is 1.24. The van der Waals surface area contributed by atoms with Gasteiger partial charge in [-0.2, -0.15) is 14.6 Å². The Kier molecular flexibility index (Phi) is 5.76. The van der Waals surface area contributed by atoms with Gasteiger partial charge in [0.25, 0.3) is 5.56 Å². The average Bonchev–Trinajstić information content (AvgIpc) is 3.70. The van der Waals surface area contributed by atoms with Crippen molar-refractivity contribution in [3.63, 3.8) is 0 Å². The molecular formula is C27H19N5O2S2. The molecule has 0 atom stereocenters. The molecule has 4 heterocycles. The van der Waals surface area contributed by atoms with Crippen LogP contribution in [0.2, 0.25) is 0 Å². The van der Waals surface area contributed by atoms with Crippen molar-refractivity contribution in [2.24, 2.45) is 0 Å². The molecule has 6 rings (SSSR count). The molecule has 0 unspecified atom stereocenters. The zero-order valence-corrected chi connectivity index (χ0v) is 20.7. The number of methoxy groups -OCH3 is 1. The van der Waals surface area contributed by atoms with E-state index in [0.717, 1.165) is 33.1 Å². The second-order valence-electron chi connectivity index (χ2n) is 7.87. The Bertz CT molecular complexity index is 1800. The number of thiazole rings is 1. The van der Waals surface area contributed by atoms with Gasteiger partial charge in [0.15, 0.2) is 5.82 Å². The van der Waals surface area contributed by atoms with E-state index in [1.54, 1.807) is 18.4 Å². The second kappa shape index (κ2) is 9.37. The summed E-state index contributed by atoms with van der Waals surface area (Å²) in [6.07, 6.45) is 7.54. The standard InChI is InChI=1S/C27H19N5O2S2/c1-34-21-10-5-7-18(15-21)25-19(17-31(30-25)20-8-3-2-4-9-20)16-23-26(33)32-27(36-23)28-24(29-32)13-12-22-11-6-14-35-22/h2-17H,1H3/b13-12+,23-16-. The van der Waals surface area contributed by atoms with Crippen LogP contribution in [-0.4, -0.2) is 31.5 Å². The summed E-state index contributed by atoms with van der Waals surface area (Å²) in [5, 5.41) is 11.2. The first kappa shape index (κ1) is 22.1. The quantitative estimate of drug-likeness (QED) is 0.323. The fourth-order valence-corrected chi connectivity index (χ4v) is 5.33. The highest BCUT2D eigenvalue weighted by atomic mass is 32.1. The molecule has 0 amide bonds. The van der Waals surface area contributed by atoms with Gasteiger partial charge in [0, 0.05) is 22.2 Å². The van der Waals surface area contributed by atoms with Gasteiger partial charge in [-0.25, -0.2) is 4.68 Å². The number of benzene rings is 2. The lowest BCUT2D eigenvalue weighted by molar-refractivity contribution is 0.415. The average molecular weight is 510 g/mol. The molecule has 0 saturated carbocycles. The third-order valence-electron chi connectivity index (χ3n) is 5.53. The molecule has 0 fully saturated rings. The van der Waals surface area contributed by atoms with Crippen molar-refractivity contribution in [3.8, 4) is 22.7 Å². The lowest BCUT2D eigenvalue weighted by Crippen LogP contribution is -2.23. The third-order valence-corrected chi connectivity index (χ3v) is 7.33. The smallest absolute Gasteiger partial charge is 0.291 e. The van der Waals surface area contributed by atoms with E-state index in [9.17, 15) is 4.79 Å². The Labute approximate surface area is 213 Å². The molecule has 9 heteroatoms. The van der Waals surface area contributed by atoms with Gasteiger partial charge in [-0.3, -0.25) is 4.79 Å². The molecule has 6 aromatic rings. The van der Waals surface area contributed by atoms with Crippen molar-refractivity contribution in [2.75, 3.05) is 7.11 Å². The highest BCUT2D eigenvalue weighted by molar-refractivity contribution is 7.15. The normalized spacial score (nSPS) is 12.2. The molecule has 0 N–H and O–H groups in total. The van der Waals surface area contributed by atoms with Crippen molar-refractivity contribution in [1.82, 2.24) is 24.4 Å². The first-order chi connectivity index (χ1) is 17.7. The van der Waals surface area contributed by atoms with E-state index in [4.69, 9.17) is 9.84 Å². The molecule has 2 aromatic carbocycles. The SMILES string of the molecule is COc1cccc(-c2nn(-c3ccccc3)cc2/C=c2\sc3nc(/C=C/c4cccs4)nn3c2=O)c1. The molecule has 0 bridgehead atoms. The van der Waals surface area contributed by atoms with Crippen LogP contribution < -0.4 is 14.8 Å². The van der Waals surface area contributed by atoms with Crippen LogP contribution in [0.1, 0.15) is 16.3 Å². The van der Waals surface area contributed by atoms with Crippen LogP contribution in [0, 0.1) is 0 Å². The van der Waals surface area contributed by atoms with E-state index in [-0.39, 0.29) is 5.56 Å². The van der Waals surface area contributed by atoms with E-state index in [2.05, 4.69) is 10.1 Å². The van der Waals surface area contributed by atoms with Crippen LogP contribution >= 0.6 is 22.7 Å². The Hall–Kier alpha value is -4.34. The minimum absolute atomic E-state index is 0.206. The molecule has 0 aliphatic rings. The van der Waals surface area contributed by atoms with Crippen LogP contribution in [-0.2, 0) is 0 Å². The van der Waals surface area contributed by atoms with Crippen molar-refractivity contribution in [1.29, 1.82) is 0 Å². The predicted octanol–water partition coefficient (Wildman–Crippen LogP) is 4.79. The maximum absolute atomic E-state index is 13.2. The fourth-order valence-electron chi connectivity index (χ4n) is 3.80. The summed E-state index contributed by atoms with van der Waals surface area (Å²) < 4.78 is 9.12. The predicted molar refractivity (Wildman–Crippen MR) is 145 cm³/mol. The van der Waals surface area contributed by atoms with Crippen molar-refractivity contribution >= 4 is 45.9 Å². The van der Waals surface area contributed by atoms with Gasteiger partial charge < -0.3 is 4.74 Å². The highest BCUT2D eigenvalue weighted by Crippen LogP contribution is 2.27. The van der Waals surface area contributed by atoms with Gasteiger partial charge >= 0.3 is 0 Å². The summed E-state index contributed by atoms with van der Waals surface area (Å²) in [4.78, 5) is 19.3. The number of para-hydroxylation sites is 1. The number of hydrogen-bond donors (Lipinski definition) is 0. The van der Waals surface area contributed by atoms with E-state index >= 15 is 0 Å². The Morgan fingerprint density at radius 3 is 2.64 bits per heavy atom. The molecule has 0 saturated heterocycles. The summed E-state index contributed by atoms with van der Waals surface area (Å²) in [5.41, 5.74) is 3.17. The monoisotopic (exact) mass is 509 g/mol. The number of aromatic nitrogens is 5. The molecule has 7 nitrogen and oxygen atoms in total. The Balaban J connectivity index is 1.45. The van der Waals surface area contributed by atoms with E-state index in [0.29, 0.717) is 15.3 Å². The summed E-state index contributed by atoms with van der Waals surface area (Å²) >= 11 is 2.94. The third kappa shape index (κ3) is 4.26. The van der Waals surface area contributed by atoms with Gasteiger partial charge in [-0.1, -0.05) is 47.7 Å². The van der Waals surface area contributed by atoms with Crippen LogP contribution in [0.5, 0.6) is 5.75 Å². The first-order valence-corrected chi connectivity index (χ1v) is 12.8. The first-order valence-electron chi connectivity index (χ1n) is 11.1. The van der Waals surface area contributed by atoms with E-state index in [1.807, 2.05) is 101 Å². The summed E-state index contributed by atoms with van der Waals surface area (Å²) in [7, 11) is 1.64. The molecule has 0 spiro atoms. The minimum Gasteiger partial charge on any atom is -0.497 e. The second-order valence-corrected chi connectivity index (χ2v) is 9.86. The van der Waals surface area contributed by atoms with Crippen LogP contribution in [0.4, 0.5) is 0 Å². The van der Waals surface area contributed by atoms with Gasteiger partial charge in [-0.05, 0) is 53.9 Å². The van der Waals surface area contributed by atoms with E-state index < -0.39 is 0 Å². The largest absolute Gasteiger partial charge is 0.497 e. The number of ether oxygens (including phenoxy) is 1. The topological polar surface area (TPSA) is 74.3 Å². The number of hydrogen-bond acceptors (Lipinski definition) is 7. The maximum Gasteiger partial charge on any atom is 0.291 e. The molecule has 176 valence electrons. The lowest BCUT2D eigenvalue weighted by atomic mass is 10.1. The Morgan fingerprint density at radius 1 is 0.972 bits per heavy atom. The van der Waals surface area contributed by atoms with Gasteiger partial charge in [0.05, 0.1) is 17.3 Å². The number of thiophene rings is 1. The number of nitrogens with zero attached hydrogens (tertiary/aromatic N) is 5. The van der Waals surface area contributed by atoms with Crippen LogP contribution in [0.3, 0.4) is 0 Å². The molecule has 0 aliphatic carbocycles. The van der Waals surface area contributed by atoms with Crippen molar-refractivity contribution in [2.45, 2.75) is 0 Å². The zero-order chi connectivity index (χ0) is 24.5. The summed E-state index contributed by atoms with van der Waals surface area (Å²) in [6, 6.07) is 21.6. The maximum atomic E-state index is 13.2. The number of fused-ring (bicyclic) bond motifs is 1. The van der Waals surface area contributed by atoms with Crippen LogP contribution in [0.25, 0.3) is 40.1 Å². The number of rotatable bonds is 6. The van der Waals surface area contributed by atoms with Crippen molar-refractivity contribution in [3.05, 3.63) is 109 Å². The fraction of sp³-hybridized carbons (Fsp3) is 0.0370. The van der Waals surface area contributed by atoms with Crippen molar-refractivity contribution < 1.29 is 4.74 Å². The molecule has 0 radical (unpaired) electrons. The molecular weight excluding hydrogens is 490 g/mol. The zero-order valence-electron chi connectivity index (χ0n) is 19.1. The van der Waals surface area contributed by atoms with Gasteiger partial charge in [0.2, 0.25) is 4.96 Å². The minimum atomic E-state index is -0.206. The molecule has 4 aromatic heterocycles.